The summed E-state index contributed by atoms with van der Waals surface area (Å²) in [6, 6.07) is 2.73. The van der Waals surface area contributed by atoms with E-state index in [2.05, 4.69) is 10.6 Å². The van der Waals surface area contributed by atoms with E-state index in [9.17, 15) is 13.6 Å². The van der Waals surface area contributed by atoms with Crippen LogP contribution in [-0.2, 0) is 4.74 Å². The number of hydrogen-bond acceptors (Lipinski definition) is 2. The Morgan fingerprint density at radius 1 is 1.29 bits per heavy atom. The van der Waals surface area contributed by atoms with Gasteiger partial charge in [-0.2, -0.15) is 0 Å². The van der Waals surface area contributed by atoms with E-state index in [4.69, 9.17) is 4.74 Å². The summed E-state index contributed by atoms with van der Waals surface area (Å²) in [6.07, 6.45) is 1.97. The lowest BCUT2D eigenvalue weighted by molar-refractivity contribution is 0.0859. The van der Waals surface area contributed by atoms with Crippen LogP contribution in [0.3, 0.4) is 0 Å². The quantitative estimate of drug-likeness (QED) is 0.898. The molecule has 1 saturated heterocycles. The number of amides is 2. The third-order valence-electron chi connectivity index (χ3n) is 3.67. The molecule has 1 aromatic rings. The molecule has 4 nitrogen and oxygen atoms in total. The van der Waals surface area contributed by atoms with Gasteiger partial charge in [0.2, 0.25) is 0 Å². The molecule has 0 aliphatic carbocycles. The first kappa shape index (κ1) is 15.7. The lowest BCUT2D eigenvalue weighted by Gasteiger charge is -2.22. The molecule has 2 amide bonds. The van der Waals surface area contributed by atoms with Crippen LogP contribution in [0.5, 0.6) is 0 Å². The number of urea groups is 1. The first-order chi connectivity index (χ1) is 9.97. The lowest BCUT2D eigenvalue weighted by atomic mass is 10.1. The molecular weight excluding hydrogens is 278 g/mol. The fourth-order valence-corrected chi connectivity index (χ4v) is 2.40. The molecule has 1 aliphatic rings. The van der Waals surface area contributed by atoms with Gasteiger partial charge in [-0.15, -0.1) is 0 Å². The highest BCUT2D eigenvalue weighted by Gasteiger charge is 2.24. The predicted octanol–water partition coefficient (Wildman–Crippen LogP) is 2.89. The van der Waals surface area contributed by atoms with Crippen molar-refractivity contribution in [2.45, 2.75) is 44.9 Å². The number of nitrogens with one attached hydrogen (secondary N) is 2. The monoisotopic (exact) mass is 298 g/mol. The summed E-state index contributed by atoms with van der Waals surface area (Å²) in [6.45, 7) is 4.32. The van der Waals surface area contributed by atoms with E-state index in [1.165, 1.54) is 6.07 Å². The van der Waals surface area contributed by atoms with Gasteiger partial charge in [-0.05, 0) is 44.4 Å². The minimum Gasteiger partial charge on any atom is -0.376 e. The number of benzene rings is 1. The molecule has 0 unspecified atom stereocenters. The molecule has 116 valence electrons. The molecule has 1 fully saturated rings. The van der Waals surface area contributed by atoms with Crippen molar-refractivity contribution in [3.63, 3.8) is 0 Å². The zero-order valence-electron chi connectivity index (χ0n) is 12.2. The Balaban J connectivity index is 1.87. The molecule has 21 heavy (non-hydrogen) atoms. The molecule has 0 saturated carbocycles. The normalized spacial score (nSPS) is 20.9. The lowest BCUT2D eigenvalue weighted by Crippen LogP contribution is -2.46. The van der Waals surface area contributed by atoms with Crippen LogP contribution in [0.4, 0.5) is 13.6 Å². The Hall–Kier alpha value is -1.69. The summed E-state index contributed by atoms with van der Waals surface area (Å²) in [5, 5.41) is 5.51. The molecule has 1 aromatic carbocycles. The maximum absolute atomic E-state index is 13.2. The molecular formula is C15H20F2N2O2. The van der Waals surface area contributed by atoms with Crippen molar-refractivity contribution in [3.05, 3.63) is 35.4 Å². The second kappa shape index (κ2) is 6.85. The van der Waals surface area contributed by atoms with Gasteiger partial charge in [0, 0.05) is 6.61 Å². The van der Waals surface area contributed by atoms with Crippen molar-refractivity contribution in [1.29, 1.82) is 0 Å². The second-order valence-electron chi connectivity index (χ2n) is 5.35. The van der Waals surface area contributed by atoms with E-state index in [0.717, 1.165) is 31.6 Å². The molecule has 1 heterocycles. The first-order valence-corrected chi connectivity index (χ1v) is 7.11. The molecule has 2 rings (SSSR count). The Morgan fingerprint density at radius 2 is 2.05 bits per heavy atom. The van der Waals surface area contributed by atoms with Crippen LogP contribution in [0.15, 0.2) is 18.2 Å². The number of rotatable bonds is 4. The van der Waals surface area contributed by atoms with E-state index >= 15 is 0 Å². The van der Waals surface area contributed by atoms with Gasteiger partial charge in [0.05, 0.1) is 18.2 Å². The van der Waals surface area contributed by atoms with Gasteiger partial charge in [-0.3, -0.25) is 0 Å². The van der Waals surface area contributed by atoms with Gasteiger partial charge in [-0.25, -0.2) is 13.6 Å². The fourth-order valence-electron chi connectivity index (χ4n) is 2.40. The van der Waals surface area contributed by atoms with E-state index in [-0.39, 0.29) is 18.2 Å². The minimum absolute atomic E-state index is 0.0364. The van der Waals surface area contributed by atoms with Gasteiger partial charge in [0.1, 0.15) is 0 Å². The summed E-state index contributed by atoms with van der Waals surface area (Å²) in [7, 11) is 0. The predicted molar refractivity (Wildman–Crippen MR) is 74.9 cm³/mol. The van der Waals surface area contributed by atoms with Crippen LogP contribution >= 0.6 is 0 Å². The maximum Gasteiger partial charge on any atom is 0.315 e. The smallest absolute Gasteiger partial charge is 0.315 e. The highest BCUT2D eigenvalue weighted by Crippen LogP contribution is 2.17. The zero-order valence-corrected chi connectivity index (χ0v) is 12.2. The summed E-state index contributed by atoms with van der Waals surface area (Å²) in [5.41, 5.74) is 0.508. The van der Waals surface area contributed by atoms with Crippen LogP contribution in [0.25, 0.3) is 0 Å². The van der Waals surface area contributed by atoms with Gasteiger partial charge >= 0.3 is 6.03 Å². The Labute approximate surface area is 122 Å². The second-order valence-corrected chi connectivity index (χ2v) is 5.35. The average molecular weight is 298 g/mol. The number of carbonyl (C=O) groups is 1. The minimum atomic E-state index is -0.922. The summed E-state index contributed by atoms with van der Waals surface area (Å²) in [4.78, 5) is 11.9. The number of halogens is 2. The van der Waals surface area contributed by atoms with E-state index in [0.29, 0.717) is 5.56 Å². The number of hydrogen-bond donors (Lipinski definition) is 2. The molecule has 0 bridgehead atoms. The third-order valence-corrected chi connectivity index (χ3v) is 3.67. The molecule has 6 heteroatoms. The highest BCUT2D eigenvalue weighted by atomic mass is 19.2. The number of ether oxygens (including phenoxy) is 1. The molecule has 2 N–H and O–H groups in total. The standard InChI is InChI=1S/C15H20F2N2O2/c1-9(11-5-6-12(16)13(17)8-11)18-15(20)19-10(2)14-4-3-7-21-14/h5-6,8-10,14H,3-4,7H2,1-2H3,(H2,18,19,20)/t9-,10-,14+/m1/s1. The summed E-state index contributed by atoms with van der Waals surface area (Å²) < 4.78 is 31.6. The molecule has 0 aromatic heterocycles. The fraction of sp³-hybridized carbons (Fsp3) is 0.533. The zero-order chi connectivity index (χ0) is 15.4. The van der Waals surface area contributed by atoms with Gasteiger partial charge in [0.15, 0.2) is 11.6 Å². The van der Waals surface area contributed by atoms with Crippen LogP contribution in [0.2, 0.25) is 0 Å². The molecule has 3 atom stereocenters. The molecule has 1 aliphatic heterocycles. The summed E-state index contributed by atoms with van der Waals surface area (Å²) >= 11 is 0. The topological polar surface area (TPSA) is 50.4 Å². The van der Waals surface area contributed by atoms with Crippen molar-refractivity contribution < 1.29 is 18.3 Å². The van der Waals surface area contributed by atoms with Crippen LogP contribution in [0, 0.1) is 11.6 Å². The van der Waals surface area contributed by atoms with Crippen molar-refractivity contribution in [3.8, 4) is 0 Å². The van der Waals surface area contributed by atoms with E-state index in [1.54, 1.807) is 6.92 Å². The maximum atomic E-state index is 13.2. The average Bonchev–Trinajstić information content (AvgIpc) is 2.95. The van der Waals surface area contributed by atoms with Crippen molar-refractivity contribution in [1.82, 2.24) is 10.6 Å². The van der Waals surface area contributed by atoms with Gasteiger partial charge < -0.3 is 15.4 Å². The molecule has 0 spiro atoms. The van der Waals surface area contributed by atoms with Crippen LogP contribution in [-0.4, -0.2) is 24.8 Å². The Morgan fingerprint density at radius 3 is 2.67 bits per heavy atom. The Bertz CT molecular complexity index is 504. The van der Waals surface area contributed by atoms with Crippen molar-refractivity contribution >= 4 is 6.03 Å². The van der Waals surface area contributed by atoms with Crippen molar-refractivity contribution in [2.75, 3.05) is 6.61 Å². The van der Waals surface area contributed by atoms with Gasteiger partial charge in [0.25, 0.3) is 0 Å². The van der Waals surface area contributed by atoms with E-state index < -0.39 is 17.7 Å². The van der Waals surface area contributed by atoms with Crippen molar-refractivity contribution in [2.24, 2.45) is 0 Å². The van der Waals surface area contributed by atoms with Crippen LogP contribution in [0.1, 0.15) is 38.3 Å². The van der Waals surface area contributed by atoms with Gasteiger partial charge in [-0.1, -0.05) is 6.07 Å². The SMILES string of the molecule is C[C@@H](NC(=O)N[C@H](C)[C@@H]1CCCO1)c1ccc(F)c(F)c1. The number of carbonyl (C=O) groups excluding carboxylic acids is 1. The van der Waals surface area contributed by atoms with Crippen LogP contribution < -0.4 is 10.6 Å². The molecule has 0 radical (unpaired) electrons. The largest absolute Gasteiger partial charge is 0.376 e. The van der Waals surface area contributed by atoms with E-state index in [1.807, 2.05) is 6.92 Å². The first-order valence-electron chi connectivity index (χ1n) is 7.11. The summed E-state index contributed by atoms with van der Waals surface area (Å²) in [5.74, 6) is -1.82. The highest BCUT2D eigenvalue weighted by molar-refractivity contribution is 5.74. The third kappa shape index (κ3) is 4.14. The Kier molecular flexibility index (Phi) is 5.12.